The fourth-order valence-corrected chi connectivity index (χ4v) is 10.8. The van der Waals surface area contributed by atoms with Gasteiger partial charge in [0.25, 0.3) is 0 Å². The minimum atomic E-state index is -0.480. The van der Waals surface area contributed by atoms with Gasteiger partial charge in [-0.15, -0.1) is 11.3 Å². The second kappa shape index (κ2) is 13.0. The van der Waals surface area contributed by atoms with E-state index in [4.69, 9.17) is 4.98 Å². The number of fused-ring (bicyclic) bond motifs is 9. The lowest BCUT2D eigenvalue weighted by molar-refractivity contribution is 0.770. The first-order chi connectivity index (χ1) is 28.7. The van der Waals surface area contributed by atoms with E-state index in [1.54, 1.807) is 11.3 Å². The van der Waals surface area contributed by atoms with E-state index in [2.05, 4.69) is 212 Å². The maximum absolute atomic E-state index is 5.08. The Morgan fingerprint density at radius 2 is 0.914 bits per heavy atom. The van der Waals surface area contributed by atoms with E-state index in [9.17, 15) is 0 Å². The fourth-order valence-electron chi connectivity index (χ4n) is 9.64. The molecule has 1 heterocycles. The van der Waals surface area contributed by atoms with Crippen molar-refractivity contribution in [1.29, 1.82) is 0 Å². The van der Waals surface area contributed by atoms with E-state index in [1.807, 2.05) is 0 Å². The summed E-state index contributed by atoms with van der Waals surface area (Å²) in [5.74, 6) is 0. The zero-order chi connectivity index (χ0) is 38.2. The molecule has 0 atom stereocenters. The van der Waals surface area contributed by atoms with Crippen LogP contribution >= 0.6 is 11.3 Å². The lowest BCUT2D eigenvalue weighted by Crippen LogP contribution is -2.28. The normalized spacial score (nSPS) is 13.0. The molecule has 1 aliphatic carbocycles. The van der Waals surface area contributed by atoms with E-state index in [0.29, 0.717) is 0 Å². The van der Waals surface area contributed by atoms with E-state index in [1.165, 1.54) is 92.7 Å². The monoisotopic (exact) mass is 753 g/mol. The number of benzene rings is 10. The largest absolute Gasteiger partial charge is 0.236 e. The molecule has 0 aliphatic heterocycles. The Kier molecular flexibility index (Phi) is 7.38. The average molecular weight is 754 g/mol. The molecule has 12 rings (SSSR count). The molecule has 11 aromatic rings. The van der Waals surface area contributed by atoms with Gasteiger partial charge >= 0.3 is 0 Å². The van der Waals surface area contributed by atoms with Gasteiger partial charge in [0.05, 0.1) is 15.6 Å². The van der Waals surface area contributed by atoms with E-state index >= 15 is 0 Å². The minimum Gasteiger partial charge on any atom is -0.236 e. The highest BCUT2D eigenvalue weighted by Gasteiger charge is 2.46. The topological polar surface area (TPSA) is 12.9 Å². The number of thiazole rings is 1. The van der Waals surface area contributed by atoms with Gasteiger partial charge in [-0.3, -0.25) is 0 Å². The molecule has 1 aromatic heterocycles. The van der Waals surface area contributed by atoms with Crippen LogP contribution in [0.2, 0.25) is 0 Å². The SMILES string of the molecule is c1ccc(-c2nc3ccc4ccc5ccc(-c6cccc(-c7ccc8c(c7)C(c7ccccc7)(c7ccccc7)c7cc9ccccc9cc7-8)c6)cc5c4c3s2)cc1. The molecule has 1 nitrogen and oxygen atoms in total. The Labute approximate surface area is 341 Å². The van der Waals surface area contributed by atoms with Crippen LogP contribution in [0.15, 0.2) is 212 Å². The van der Waals surface area contributed by atoms with Gasteiger partial charge < -0.3 is 0 Å². The standard InChI is InChI=1S/C56H35NS/c1-4-13-38(14-5-1)55-57-52-30-28-37-25-23-36-24-26-43(32-48(36)53(37)54(52)58-55)39-17-12-18-40(31-39)44-27-29-47-49-33-41-15-10-11-16-42(41)34-51(49)56(50(47)35-44,45-19-6-2-7-20-45)46-21-8-3-9-22-46/h1-35H. The van der Waals surface area contributed by atoms with Crippen molar-refractivity contribution >= 4 is 53.9 Å². The third-order valence-electron chi connectivity index (χ3n) is 12.3. The van der Waals surface area contributed by atoms with E-state index in [0.717, 1.165) is 16.1 Å². The number of aromatic nitrogens is 1. The van der Waals surface area contributed by atoms with Crippen molar-refractivity contribution in [2.75, 3.05) is 0 Å². The van der Waals surface area contributed by atoms with Crippen molar-refractivity contribution in [1.82, 2.24) is 4.98 Å². The quantitative estimate of drug-likeness (QED) is 0.160. The molecule has 0 N–H and O–H groups in total. The zero-order valence-electron chi connectivity index (χ0n) is 31.6. The summed E-state index contributed by atoms with van der Waals surface area (Å²) in [5.41, 5.74) is 14.3. The summed E-state index contributed by atoms with van der Waals surface area (Å²) < 4.78 is 1.24. The Bertz CT molecular complexity index is 3340. The smallest absolute Gasteiger partial charge is 0.124 e. The number of rotatable bonds is 5. The number of hydrogen-bond donors (Lipinski definition) is 0. The van der Waals surface area contributed by atoms with E-state index in [-0.39, 0.29) is 0 Å². The summed E-state index contributed by atoms with van der Waals surface area (Å²) in [6, 6.07) is 78.4. The molecule has 0 fully saturated rings. The molecule has 0 unspecified atom stereocenters. The molecule has 0 saturated carbocycles. The minimum absolute atomic E-state index is 0.480. The van der Waals surface area contributed by atoms with Crippen LogP contribution in [-0.2, 0) is 5.41 Å². The fraction of sp³-hybridized carbons (Fsp3) is 0.0179. The van der Waals surface area contributed by atoms with Gasteiger partial charge in [0.1, 0.15) is 5.01 Å². The lowest BCUT2D eigenvalue weighted by Gasteiger charge is -2.34. The van der Waals surface area contributed by atoms with Crippen molar-refractivity contribution in [2.45, 2.75) is 5.41 Å². The molecule has 270 valence electrons. The maximum Gasteiger partial charge on any atom is 0.124 e. The summed E-state index contributed by atoms with van der Waals surface area (Å²) >= 11 is 1.79. The Morgan fingerprint density at radius 1 is 0.362 bits per heavy atom. The number of hydrogen-bond acceptors (Lipinski definition) is 2. The predicted molar refractivity (Wildman–Crippen MR) is 246 cm³/mol. The van der Waals surface area contributed by atoms with Gasteiger partial charge in [-0.2, -0.15) is 0 Å². The van der Waals surface area contributed by atoms with Gasteiger partial charge in [0.2, 0.25) is 0 Å². The highest BCUT2D eigenvalue weighted by Crippen LogP contribution is 2.57. The van der Waals surface area contributed by atoms with Gasteiger partial charge in [-0.1, -0.05) is 176 Å². The van der Waals surface area contributed by atoms with Crippen LogP contribution in [-0.4, -0.2) is 4.98 Å². The van der Waals surface area contributed by atoms with Crippen molar-refractivity contribution in [2.24, 2.45) is 0 Å². The lowest BCUT2D eigenvalue weighted by atomic mass is 9.67. The zero-order valence-corrected chi connectivity index (χ0v) is 32.4. The first-order valence-electron chi connectivity index (χ1n) is 19.9. The molecule has 0 amide bonds. The van der Waals surface area contributed by atoms with Gasteiger partial charge in [0, 0.05) is 10.9 Å². The summed E-state index contributed by atoms with van der Waals surface area (Å²) in [6.07, 6.45) is 0. The van der Waals surface area contributed by atoms with Crippen molar-refractivity contribution in [3.05, 3.63) is 235 Å². The Morgan fingerprint density at radius 3 is 1.66 bits per heavy atom. The van der Waals surface area contributed by atoms with Crippen molar-refractivity contribution < 1.29 is 0 Å². The van der Waals surface area contributed by atoms with Crippen LogP contribution in [0.4, 0.5) is 0 Å². The summed E-state index contributed by atoms with van der Waals surface area (Å²) in [6.45, 7) is 0. The molecule has 10 aromatic carbocycles. The molecular formula is C56H35NS. The highest BCUT2D eigenvalue weighted by atomic mass is 32.1. The van der Waals surface area contributed by atoms with Gasteiger partial charge in [-0.25, -0.2) is 4.98 Å². The molecule has 58 heavy (non-hydrogen) atoms. The second-order valence-electron chi connectivity index (χ2n) is 15.5. The molecule has 0 spiro atoms. The van der Waals surface area contributed by atoms with Gasteiger partial charge in [0.15, 0.2) is 0 Å². The summed E-state index contributed by atoms with van der Waals surface area (Å²) in [4.78, 5) is 5.08. The van der Waals surface area contributed by atoms with Gasteiger partial charge in [-0.05, 0) is 119 Å². The third-order valence-corrected chi connectivity index (χ3v) is 13.5. The molecule has 1 aliphatic rings. The second-order valence-corrected chi connectivity index (χ2v) is 16.5. The maximum atomic E-state index is 5.08. The van der Waals surface area contributed by atoms with Crippen LogP contribution in [0.5, 0.6) is 0 Å². The average Bonchev–Trinajstić information content (AvgIpc) is 3.86. The Balaban J connectivity index is 1.03. The molecule has 0 radical (unpaired) electrons. The first kappa shape index (κ1) is 33.1. The van der Waals surface area contributed by atoms with Crippen LogP contribution in [0.3, 0.4) is 0 Å². The van der Waals surface area contributed by atoms with Crippen LogP contribution in [0, 0.1) is 0 Å². The molecule has 2 heteroatoms. The van der Waals surface area contributed by atoms with Crippen LogP contribution in [0.25, 0.3) is 86.5 Å². The Hall–Kier alpha value is -7.13. The summed E-state index contributed by atoms with van der Waals surface area (Å²) in [5, 5.41) is 8.58. The number of nitrogens with zero attached hydrogens (tertiary/aromatic N) is 1. The van der Waals surface area contributed by atoms with Crippen molar-refractivity contribution in [3.8, 4) is 44.0 Å². The van der Waals surface area contributed by atoms with Crippen LogP contribution < -0.4 is 0 Å². The molecular weight excluding hydrogens is 719 g/mol. The van der Waals surface area contributed by atoms with E-state index < -0.39 is 5.41 Å². The molecule has 0 bridgehead atoms. The summed E-state index contributed by atoms with van der Waals surface area (Å²) in [7, 11) is 0. The van der Waals surface area contributed by atoms with Crippen LogP contribution in [0.1, 0.15) is 22.3 Å². The van der Waals surface area contributed by atoms with Crippen molar-refractivity contribution in [3.63, 3.8) is 0 Å². The predicted octanol–water partition coefficient (Wildman–Crippen LogP) is 15.1. The first-order valence-corrected chi connectivity index (χ1v) is 20.8. The highest BCUT2D eigenvalue weighted by molar-refractivity contribution is 7.22. The third kappa shape index (κ3) is 4.99. The molecule has 0 saturated heterocycles.